The van der Waals surface area contributed by atoms with Gasteiger partial charge < -0.3 is 10.4 Å². The van der Waals surface area contributed by atoms with Gasteiger partial charge in [-0.15, -0.1) is 0 Å². The van der Waals surface area contributed by atoms with Crippen molar-refractivity contribution in [3.05, 3.63) is 48.3 Å². The number of H-pyrrole nitrogens is 1. The largest absolute Gasteiger partial charge is 0.505 e. The first-order valence-electron chi connectivity index (χ1n) is 5.63. The first-order valence-corrected chi connectivity index (χ1v) is 5.63. The van der Waals surface area contributed by atoms with E-state index in [4.69, 9.17) is 0 Å². The second kappa shape index (κ2) is 4.41. The van der Waals surface area contributed by atoms with E-state index in [9.17, 15) is 9.90 Å². The van der Waals surface area contributed by atoms with Crippen molar-refractivity contribution in [2.24, 2.45) is 0 Å². The van der Waals surface area contributed by atoms with Gasteiger partial charge in [0.2, 0.25) is 0 Å². The van der Waals surface area contributed by atoms with Crippen LogP contribution in [0.4, 0.5) is 5.82 Å². The van der Waals surface area contributed by atoms with Crippen molar-refractivity contribution in [2.75, 3.05) is 5.32 Å². The highest BCUT2D eigenvalue weighted by atomic mass is 16.3. The van der Waals surface area contributed by atoms with Gasteiger partial charge in [0.1, 0.15) is 5.75 Å². The van der Waals surface area contributed by atoms with Gasteiger partial charge in [0.15, 0.2) is 5.82 Å². The minimum Gasteiger partial charge on any atom is -0.505 e. The Morgan fingerprint density at radius 1 is 1.26 bits per heavy atom. The number of amides is 1. The Balaban J connectivity index is 1.94. The molecule has 3 N–H and O–H groups in total. The highest BCUT2D eigenvalue weighted by Crippen LogP contribution is 2.21. The van der Waals surface area contributed by atoms with E-state index >= 15 is 0 Å². The van der Waals surface area contributed by atoms with Crippen molar-refractivity contribution in [1.82, 2.24) is 15.2 Å². The van der Waals surface area contributed by atoms with E-state index in [0.717, 1.165) is 10.9 Å². The van der Waals surface area contributed by atoms with E-state index in [2.05, 4.69) is 20.5 Å². The summed E-state index contributed by atoms with van der Waals surface area (Å²) in [7, 11) is 0. The maximum atomic E-state index is 12.0. The molecule has 19 heavy (non-hydrogen) atoms. The zero-order valence-corrected chi connectivity index (χ0v) is 9.79. The van der Waals surface area contributed by atoms with Gasteiger partial charge >= 0.3 is 0 Å². The van der Waals surface area contributed by atoms with Crippen LogP contribution in [0.15, 0.2) is 42.7 Å². The summed E-state index contributed by atoms with van der Waals surface area (Å²) in [6, 6.07) is 8.89. The molecular weight excluding hydrogens is 244 g/mol. The minimum atomic E-state index is -0.433. The van der Waals surface area contributed by atoms with Gasteiger partial charge in [-0.2, -0.15) is 5.10 Å². The summed E-state index contributed by atoms with van der Waals surface area (Å²) < 4.78 is 0. The number of carbonyl (C=O) groups excluding carboxylic acids is 1. The molecule has 0 fully saturated rings. The van der Waals surface area contributed by atoms with Gasteiger partial charge in [0.05, 0.1) is 17.3 Å². The van der Waals surface area contributed by atoms with E-state index in [1.807, 2.05) is 24.3 Å². The summed E-state index contributed by atoms with van der Waals surface area (Å²) in [5.41, 5.74) is 0.985. The standard InChI is InChI=1S/C13H10N4O2/c18-11-7-14-6-5-9(11)13(19)15-12-8-3-1-2-4-10(8)16-17-12/h1-7,18H,(H2,15,16,17,19). The molecule has 0 unspecified atom stereocenters. The van der Waals surface area contributed by atoms with Gasteiger partial charge in [0.25, 0.3) is 5.91 Å². The van der Waals surface area contributed by atoms with Crippen molar-refractivity contribution < 1.29 is 9.90 Å². The van der Waals surface area contributed by atoms with E-state index in [-0.39, 0.29) is 11.3 Å². The fourth-order valence-electron chi connectivity index (χ4n) is 1.81. The molecule has 3 rings (SSSR count). The van der Waals surface area contributed by atoms with Crippen molar-refractivity contribution >= 4 is 22.6 Å². The fourth-order valence-corrected chi connectivity index (χ4v) is 1.81. The SMILES string of the molecule is O=C(Nc1n[nH]c2ccccc12)c1ccncc1O. The van der Waals surface area contributed by atoms with E-state index in [0.29, 0.717) is 5.82 Å². The normalized spacial score (nSPS) is 10.5. The summed E-state index contributed by atoms with van der Waals surface area (Å²) in [6.45, 7) is 0. The molecule has 2 heterocycles. The smallest absolute Gasteiger partial charge is 0.260 e. The summed E-state index contributed by atoms with van der Waals surface area (Å²) in [5, 5.41) is 19.9. The first-order chi connectivity index (χ1) is 9.25. The number of para-hydroxylation sites is 1. The Morgan fingerprint density at radius 2 is 2.11 bits per heavy atom. The second-order valence-corrected chi connectivity index (χ2v) is 3.96. The van der Waals surface area contributed by atoms with Crippen molar-refractivity contribution in [3.8, 4) is 5.75 Å². The summed E-state index contributed by atoms with van der Waals surface area (Å²) in [4.78, 5) is 15.7. The zero-order chi connectivity index (χ0) is 13.2. The van der Waals surface area contributed by atoms with Crippen LogP contribution in [0, 0.1) is 0 Å². The summed E-state index contributed by atoms with van der Waals surface area (Å²) in [5.74, 6) is -0.172. The highest BCUT2D eigenvalue weighted by Gasteiger charge is 2.13. The lowest BCUT2D eigenvalue weighted by Crippen LogP contribution is -2.12. The number of fused-ring (bicyclic) bond motifs is 1. The quantitative estimate of drug-likeness (QED) is 0.651. The molecule has 0 bridgehead atoms. The van der Waals surface area contributed by atoms with Crippen molar-refractivity contribution in [3.63, 3.8) is 0 Å². The highest BCUT2D eigenvalue weighted by molar-refractivity contribution is 6.09. The molecule has 0 atom stereocenters. The number of aromatic hydroxyl groups is 1. The van der Waals surface area contributed by atoms with Gasteiger partial charge in [0, 0.05) is 11.6 Å². The number of aromatic nitrogens is 3. The number of nitrogens with zero attached hydrogens (tertiary/aromatic N) is 2. The van der Waals surface area contributed by atoms with Crippen LogP contribution in [0.5, 0.6) is 5.75 Å². The van der Waals surface area contributed by atoms with Crippen LogP contribution in [0.3, 0.4) is 0 Å². The molecule has 6 nitrogen and oxygen atoms in total. The summed E-state index contributed by atoms with van der Waals surface area (Å²) >= 11 is 0. The fraction of sp³-hybridized carbons (Fsp3) is 0. The Hall–Kier alpha value is -2.89. The molecule has 2 aromatic heterocycles. The Bertz CT molecular complexity index is 751. The maximum Gasteiger partial charge on any atom is 0.260 e. The van der Waals surface area contributed by atoms with Crippen LogP contribution < -0.4 is 5.32 Å². The third-order valence-electron chi connectivity index (χ3n) is 2.75. The molecule has 0 saturated carbocycles. The molecule has 0 aliphatic heterocycles. The van der Waals surface area contributed by atoms with Crippen LogP contribution in [0.1, 0.15) is 10.4 Å². The molecule has 0 aliphatic rings. The minimum absolute atomic E-state index is 0.155. The third-order valence-corrected chi connectivity index (χ3v) is 2.75. The van der Waals surface area contributed by atoms with Crippen LogP contribution in [-0.4, -0.2) is 26.2 Å². The average molecular weight is 254 g/mol. The maximum absolute atomic E-state index is 12.0. The van der Waals surface area contributed by atoms with Gasteiger partial charge in [-0.3, -0.25) is 14.9 Å². The van der Waals surface area contributed by atoms with Gasteiger partial charge in [-0.25, -0.2) is 0 Å². The number of aromatic amines is 1. The lowest BCUT2D eigenvalue weighted by molar-refractivity contribution is 0.102. The van der Waals surface area contributed by atoms with E-state index in [1.165, 1.54) is 18.5 Å². The topological polar surface area (TPSA) is 90.9 Å². The molecule has 1 amide bonds. The van der Waals surface area contributed by atoms with E-state index < -0.39 is 5.91 Å². The first kappa shape index (κ1) is 11.2. The monoisotopic (exact) mass is 254 g/mol. The number of carbonyl (C=O) groups is 1. The van der Waals surface area contributed by atoms with Crippen LogP contribution in [-0.2, 0) is 0 Å². The van der Waals surface area contributed by atoms with Gasteiger partial charge in [-0.1, -0.05) is 12.1 Å². The Kier molecular flexibility index (Phi) is 2.60. The third kappa shape index (κ3) is 1.99. The zero-order valence-electron chi connectivity index (χ0n) is 9.79. The lowest BCUT2D eigenvalue weighted by atomic mass is 10.2. The Morgan fingerprint density at radius 3 is 2.95 bits per heavy atom. The molecule has 0 saturated heterocycles. The number of pyridine rings is 1. The molecule has 0 radical (unpaired) electrons. The molecule has 0 spiro atoms. The predicted octanol–water partition coefficient (Wildman–Crippen LogP) is 1.92. The van der Waals surface area contributed by atoms with Crippen LogP contribution >= 0.6 is 0 Å². The number of anilines is 1. The van der Waals surface area contributed by atoms with Crippen molar-refractivity contribution in [2.45, 2.75) is 0 Å². The van der Waals surface area contributed by atoms with Crippen molar-refractivity contribution in [1.29, 1.82) is 0 Å². The number of hydrogen-bond donors (Lipinski definition) is 3. The number of benzene rings is 1. The average Bonchev–Trinajstić information content (AvgIpc) is 2.83. The number of hydrogen-bond acceptors (Lipinski definition) is 4. The molecule has 0 aliphatic carbocycles. The van der Waals surface area contributed by atoms with E-state index in [1.54, 1.807) is 0 Å². The summed E-state index contributed by atoms with van der Waals surface area (Å²) in [6.07, 6.45) is 2.66. The number of nitrogens with one attached hydrogen (secondary N) is 2. The molecule has 94 valence electrons. The van der Waals surface area contributed by atoms with Crippen LogP contribution in [0.2, 0.25) is 0 Å². The molecular formula is C13H10N4O2. The van der Waals surface area contributed by atoms with Gasteiger partial charge in [-0.05, 0) is 18.2 Å². The number of rotatable bonds is 2. The lowest BCUT2D eigenvalue weighted by Gasteiger charge is -2.03. The molecule has 1 aromatic carbocycles. The van der Waals surface area contributed by atoms with Crippen LogP contribution in [0.25, 0.3) is 10.9 Å². The molecule has 3 aromatic rings. The predicted molar refractivity (Wildman–Crippen MR) is 69.9 cm³/mol. The Labute approximate surface area is 108 Å². The second-order valence-electron chi connectivity index (χ2n) is 3.96. The molecule has 6 heteroatoms.